The number of likely N-dealkylation sites (tertiary alicyclic amines) is 1. The second-order valence-electron chi connectivity index (χ2n) is 7.20. The Hall–Kier alpha value is -1.02. The molecule has 1 fully saturated rings. The first-order valence-corrected chi connectivity index (χ1v) is 8.52. The van der Waals surface area contributed by atoms with Crippen LogP contribution in [0.25, 0.3) is 0 Å². The zero-order valence-electron chi connectivity index (χ0n) is 14.0. The first-order valence-electron chi connectivity index (χ1n) is 8.52. The molecule has 0 spiro atoms. The Bertz CT molecular complexity index is 416. The molecule has 2 nitrogen and oxygen atoms in total. The van der Waals surface area contributed by atoms with E-state index < -0.39 is 0 Å². The van der Waals surface area contributed by atoms with E-state index in [1.54, 1.807) is 0 Å². The highest BCUT2D eigenvalue weighted by atomic mass is 16.5. The molecule has 0 unspecified atom stereocenters. The van der Waals surface area contributed by atoms with E-state index in [1.165, 1.54) is 50.9 Å². The minimum Gasteiger partial charge on any atom is -0.493 e. The number of nitrogens with zero attached hydrogens (tertiary/aromatic N) is 1. The summed E-state index contributed by atoms with van der Waals surface area (Å²) in [6, 6.07) is 8.45. The van der Waals surface area contributed by atoms with Gasteiger partial charge in [0.15, 0.2) is 0 Å². The van der Waals surface area contributed by atoms with Crippen molar-refractivity contribution in [2.75, 3.05) is 26.2 Å². The number of hydrogen-bond acceptors (Lipinski definition) is 2. The zero-order chi connectivity index (χ0) is 15.1. The monoisotopic (exact) mass is 289 g/mol. The van der Waals surface area contributed by atoms with Gasteiger partial charge in [0.25, 0.3) is 0 Å². The quantitative estimate of drug-likeness (QED) is 0.679. The Morgan fingerprint density at radius 2 is 1.71 bits per heavy atom. The Labute approximate surface area is 130 Å². The predicted octanol–water partition coefficient (Wildman–Crippen LogP) is 4.63. The molecular weight excluding hydrogens is 258 g/mol. The van der Waals surface area contributed by atoms with E-state index in [0.717, 1.165) is 18.8 Å². The molecule has 0 bridgehead atoms. The van der Waals surface area contributed by atoms with Crippen LogP contribution in [0.3, 0.4) is 0 Å². The second kappa shape index (κ2) is 7.84. The normalized spacial score (nSPS) is 16.3. The lowest BCUT2D eigenvalue weighted by Crippen LogP contribution is -2.20. The van der Waals surface area contributed by atoms with Gasteiger partial charge in [0.2, 0.25) is 0 Å². The van der Waals surface area contributed by atoms with Crippen LogP contribution in [0.4, 0.5) is 0 Å². The Balaban J connectivity index is 1.66. The van der Waals surface area contributed by atoms with Gasteiger partial charge in [0, 0.05) is 0 Å². The molecule has 0 aromatic heterocycles. The van der Waals surface area contributed by atoms with Crippen molar-refractivity contribution in [3.8, 4) is 5.75 Å². The molecular formula is C19H31NO. The minimum atomic E-state index is 0.145. The maximum atomic E-state index is 6.02. The number of para-hydroxylation sites is 1. The minimum absolute atomic E-state index is 0.145. The fourth-order valence-corrected chi connectivity index (χ4v) is 3.01. The molecule has 0 saturated carbocycles. The van der Waals surface area contributed by atoms with Crippen LogP contribution in [-0.2, 0) is 5.41 Å². The summed E-state index contributed by atoms with van der Waals surface area (Å²) in [5.74, 6) is 1.06. The molecule has 0 aliphatic carbocycles. The molecule has 1 aromatic carbocycles. The van der Waals surface area contributed by atoms with E-state index in [-0.39, 0.29) is 5.41 Å². The summed E-state index contributed by atoms with van der Waals surface area (Å²) < 4.78 is 6.02. The summed E-state index contributed by atoms with van der Waals surface area (Å²) in [7, 11) is 0. The van der Waals surface area contributed by atoms with Gasteiger partial charge in [-0.25, -0.2) is 0 Å². The van der Waals surface area contributed by atoms with E-state index in [1.807, 2.05) is 0 Å². The van der Waals surface area contributed by atoms with Gasteiger partial charge in [-0.3, -0.25) is 0 Å². The second-order valence-corrected chi connectivity index (χ2v) is 7.20. The van der Waals surface area contributed by atoms with E-state index in [2.05, 4.69) is 49.9 Å². The van der Waals surface area contributed by atoms with Gasteiger partial charge in [0.1, 0.15) is 5.75 Å². The van der Waals surface area contributed by atoms with E-state index in [4.69, 9.17) is 4.74 Å². The SMILES string of the molecule is CC(C)(C)c1ccccc1OCCCCCN1CCCC1. The van der Waals surface area contributed by atoms with Gasteiger partial charge < -0.3 is 9.64 Å². The third kappa shape index (κ3) is 5.35. The van der Waals surface area contributed by atoms with Gasteiger partial charge in [0.05, 0.1) is 6.61 Å². The molecule has 1 aromatic rings. The Morgan fingerprint density at radius 1 is 1.00 bits per heavy atom. The largest absolute Gasteiger partial charge is 0.493 e. The highest BCUT2D eigenvalue weighted by Crippen LogP contribution is 2.31. The molecule has 0 N–H and O–H groups in total. The molecule has 118 valence electrons. The maximum absolute atomic E-state index is 6.02. The van der Waals surface area contributed by atoms with Crippen LogP contribution in [0.2, 0.25) is 0 Å². The number of rotatable bonds is 7. The van der Waals surface area contributed by atoms with Gasteiger partial charge in [-0.2, -0.15) is 0 Å². The fraction of sp³-hybridized carbons (Fsp3) is 0.684. The third-order valence-corrected chi connectivity index (χ3v) is 4.27. The van der Waals surface area contributed by atoms with Crippen molar-refractivity contribution in [2.45, 2.75) is 58.3 Å². The lowest BCUT2D eigenvalue weighted by Gasteiger charge is -2.22. The van der Waals surface area contributed by atoms with Gasteiger partial charge in [-0.05, 0) is 68.8 Å². The highest BCUT2D eigenvalue weighted by Gasteiger charge is 2.18. The molecule has 0 radical (unpaired) electrons. The summed E-state index contributed by atoms with van der Waals surface area (Å²) in [6.45, 7) is 11.5. The van der Waals surface area contributed by atoms with Crippen molar-refractivity contribution in [2.24, 2.45) is 0 Å². The van der Waals surface area contributed by atoms with Crippen LogP contribution in [-0.4, -0.2) is 31.1 Å². The van der Waals surface area contributed by atoms with Crippen molar-refractivity contribution < 1.29 is 4.74 Å². The van der Waals surface area contributed by atoms with E-state index in [0.29, 0.717) is 0 Å². The van der Waals surface area contributed by atoms with Crippen LogP contribution in [0.1, 0.15) is 58.4 Å². The molecule has 1 saturated heterocycles. The highest BCUT2D eigenvalue weighted by molar-refractivity contribution is 5.38. The van der Waals surface area contributed by atoms with Crippen LogP contribution >= 0.6 is 0 Å². The first kappa shape index (κ1) is 16.4. The maximum Gasteiger partial charge on any atom is 0.123 e. The lowest BCUT2D eigenvalue weighted by atomic mass is 9.86. The molecule has 1 heterocycles. The lowest BCUT2D eigenvalue weighted by molar-refractivity contribution is 0.285. The summed E-state index contributed by atoms with van der Waals surface area (Å²) in [6.07, 6.45) is 6.53. The van der Waals surface area contributed by atoms with Gasteiger partial charge in [-0.15, -0.1) is 0 Å². The van der Waals surface area contributed by atoms with Crippen LogP contribution < -0.4 is 4.74 Å². The summed E-state index contributed by atoms with van der Waals surface area (Å²) in [5.41, 5.74) is 1.45. The summed E-state index contributed by atoms with van der Waals surface area (Å²) in [5, 5.41) is 0. The third-order valence-electron chi connectivity index (χ3n) is 4.27. The molecule has 2 heteroatoms. The molecule has 2 rings (SSSR count). The van der Waals surface area contributed by atoms with E-state index >= 15 is 0 Å². The first-order chi connectivity index (χ1) is 10.1. The molecule has 0 atom stereocenters. The van der Waals surface area contributed by atoms with E-state index in [9.17, 15) is 0 Å². The van der Waals surface area contributed by atoms with Gasteiger partial charge in [-0.1, -0.05) is 39.0 Å². The number of unbranched alkanes of at least 4 members (excludes halogenated alkanes) is 2. The van der Waals surface area contributed by atoms with Crippen molar-refractivity contribution in [3.05, 3.63) is 29.8 Å². The average Bonchev–Trinajstić information content (AvgIpc) is 2.95. The van der Waals surface area contributed by atoms with Crippen molar-refractivity contribution in [1.82, 2.24) is 4.90 Å². The molecule has 1 aliphatic rings. The standard InChI is InChI=1S/C19H31NO/c1-19(2,3)17-11-5-6-12-18(17)21-16-10-4-7-13-20-14-8-9-15-20/h5-6,11-12H,4,7-10,13-16H2,1-3H3. The molecule has 1 aliphatic heterocycles. The van der Waals surface area contributed by atoms with Crippen molar-refractivity contribution in [3.63, 3.8) is 0 Å². The van der Waals surface area contributed by atoms with Crippen LogP contribution in [0.15, 0.2) is 24.3 Å². The number of hydrogen-bond donors (Lipinski definition) is 0. The summed E-state index contributed by atoms with van der Waals surface area (Å²) in [4.78, 5) is 2.59. The molecule has 0 amide bonds. The van der Waals surface area contributed by atoms with Gasteiger partial charge >= 0.3 is 0 Å². The Kier molecular flexibility index (Phi) is 6.10. The van der Waals surface area contributed by atoms with Crippen molar-refractivity contribution in [1.29, 1.82) is 0 Å². The Morgan fingerprint density at radius 3 is 2.43 bits per heavy atom. The average molecular weight is 289 g/mol. The summed E-state index contributed by atoms with van der Waals surface area (Å²) >= 11 is 0. The molecule has 21 heavy (non-hydrogen) atoms. The number of ether oxygens (including phenoxy) is 1. The zero-order valence-corrected chi connectivity index (χ0v) is 14.0. The fourth-order valence-electron chi connectivity index (χ4n) is 3.01. The van der Waals surface area contributed by atoms with Crippen molar-refractivity contribution >= 4 is 0 Å². The van der Waals surface area contributed by atoms with Crippen LogP contribution in [0, 0.1) is 0 Å². The smallest absolute Gasteiger partial charge is 0.123 e. The predicted molar refractivity (Wildman–Crippen MR) is 90.2 cm³/mol. The topological polar surface area (TPSA) is 12.5 Å². The van der Waals surface area contributed by atoms with Crippen LogP contribution in [0.5, 0.6) is 5.75 Å². The number of benzene rings is 1.